The lowest BCUT2D eigenvalue weighted by atomic mass is 10.2. The number of benzene rings is 1. The maximum Gasteiger partial charge on any atom is 0.431 e. The van der Waals surface area contributed by atoms with Crippen LogP contribution in [0.1, 0.15) is 5.56 Å². The first-order valence-corrected chi connectivity index (χ1v) is 4.64. The first-order chi connectivity index (χ1) is 8.02. The van der Waals surface area contributed by atoms with E-state index in [1.165, 1.54) is 13.2 Å². The van der Waals surface area contributed by atoms with Crippen LogP contribution in [0.3, 0.4) is 0 Å². The van der Waals surface area contributed by atoms with Gasteiger partial charge < -0.3 is 14.6 Å². The smallest absolute Gasteiger partial charge is 0.431 e. The molecule has 0 saturated heterocycles. The Balaban J connectivity index is 2.60. The normalized spacial score (nSPS) is 9.29. The molecule has 92 valence electrons. The van der Waals surface area contributed by atoms with E-state index in [0.717, 1.165) is 5.56 Å². The van der Waals surface area contributed by atoms with Crippen LogP contribution in [0.15, 0.2) is 18.2 Å². The number of rotatable bonds is 2. The topological polar surface area (TPSA) is 96.9 Å². The summed E-state index contributed by atoms with van der Waals surface area (Å²) in [6.45, 7) is 1.79. The largest absolute Gasteiger partial charge is 0.496 e. The zero-order valence-corrected chi connectivity index (χ0v) is 9.31. The van der Waals surface area contributed by atoms with E-state index in [1.54, 1.807) is 24.5 Å². The van der Waals surface area contributed by atoms with Crippen LogP contribution >= 0.6 is 0 Å². The summed E-state index contributed by atoms with van der Waals surface area (Å²) in [4.78, 5) is 21.2. The zero-order chi connectivity index (χ0) is 12.8. The fourth-order valence-corrected chi connectivity index (χ4v) is 1.15. The third-order valence-electron chi connectivity index (χ3n) is 1.85. The molecule has 1 aromatic carbocycles. The number of aryl methyl sites for hydroxylation is 1. The summed E-state index contributed by atoms with van der Waals surface area (Å²) in [7, 11) is 1.53. The monoisotopic (exact) mass is 240 g/mol. The SMILES string of the molecule is COc1ccc(OC(=O)NNC(=O)O)cc1C. The molecule has 7 heteroatoms. The van der Waals surface area contributed by atoms with Gasteiger partial charge in [0.1, 0.15) is 11.5 Å². The molecule has 0 aliphatic rings. The molecular formula is C10H12N2O5. The first kappa shape index (κ1) is 12.6. The number of carbonyl (C=O) groups excluding carboxylic acids is 1. The molecule has 0 radical (unpaired) electrons. The van der Waals surface area contributed by atoms with E-state index in [9.17, 15) is 9.59 Å². The van der Waals surface area contributed by atoms with E-state index in [-0.39, 0.29) is 5.75 Å². The maximum absolute atomic E-state index is 11.1. The minimum absolute atomic E-state index is 0.285. The van der Waals surface area contributed by atoms with Crippen molar-refractivity contribution in [1.29, 1.82) is 0 Å². The fraction of sp³-hybridized carbons (Fsp3) is 0.200. The summed E-state index contributed by atoms with van der Waals surface area (Å²) in [5.41, 5.74) is 4.30. The Labute approximate surface area is 97.3 Å². The molecule has 0 fully saturated rings. The van der Waals surface area contributed by atoms with Gasteiger partial charge in [-0.3, -0.25) is 0 Å². The number of hydrogen-bond acceptors (Lipinski definition) is 4. The van der Waals surface area contributed by atoms with Crippen molar-refractivity contribution < 1.29 is 24.2 Å². The van der Waals surface area contributed by atoms with Crippen molar-refractivity contribution in [2.24, 2.45) is 0 Å². The second-order valence-electron chi connectivity index (χ2n) is 3.08. The van der Waals surface area contributed by atoms with Crippen LogP contribution in [0.4, 0.5) is 9.59 Å². The molecule has 0 heterocycles. The molecule has 0 atom stereocenters. The molecule has 3 N–H and O–H groups in total. The van der Waals surface area contributed by atoms with E-state index in [1.807, 2.05) is 5.43 Å². The molecule has 0 spiro atoms. The number of hydrazine groups is 1. The van der Waals surface area contributed by atoms with E-state index >= 15 is 0 Å². The molecule has 0 bridgehead atoms. The van der Waals surface area contributed by atoms with Crippen molar-refractivity contribution in [3.63, 3.8) is 0 Å². The molecule has 7 nitrogen and oxygen atoms in total. The summed E-state index contributed by atoms with van der Waals surface area (Å²) in [5.74, 6) is 0.953. The molecule has 1 rings (SSSR count). The predicted molar refractivity (Wildman–Crippen MR) is 58.1 cm³/mol. The average Bonchev–Trinajstić information content (AvgIpc) is 2.26. The number of amides is 2. The lowest BCUT2D eigenvalue weighted by Gasteiger charge is -2.08. The van der Waals surface area contributed by atoms with Crippen LogP contribution in [0.25, 0.3) is 0 Å². The molecule has 2 amide bonds. The molecule has 17 heavy (non-hydrogen) atoms. The van der Waals surface area contributed by atoms with Gasteiger partial charge in [0.2, 0.25) is 0 Å². The minimum Gasteiger partial charge on any atom is -0.496 e. The van der Waals surface area contributed by atoms with Gasteiger partial charge >= 0.3 is 12.2 Å². The van der Waals surface area contributed by atoms with E-state index < -0.39 is 12.2 Å². The zero-order valence-electron chi connectivity index (χ0n) is 9.31. The van der Waals surface area contributed by atoms with Crippen LogP contribution in [-0.4, -0.2) is 24.4 Å². The highest BCUT2D eigenvalue weighted by atomic mass is 16.6. The quantitative estimate of drug-likeness (QED) is 0.676. The Bertz CT molecular complexity index is 433. The van der Waals surface area contributed by atoms with Crippen LogP contribution in [0.2, 0.25) is 0 Å². The van der Waals surface area contributed by atoms with Crippen LogP contribution in [0, 0.1) is 6.92 Å². The third kappa shape index (κ3) is 3.90. The van der Waals surface area contributed by atoms with Crippen molar-refractivity contribution in [1.82, 2.24) is 10.9 Å². The summed E-state index contributed by atoms with van der Waals surface area (Å²) < 4.78 is 9.85. The maximum atomic E-state index is 11.1. The Morgan fingerprint density at radius 3 is 2.53 bits per heavy atom. The van der Waals surface area contributed by atoms with Crippen molar-refractivity contribution >= 4 is 12.2 Å². The fourth-order valence-electron chi connectivity index (χ4n) is 1.15. The van der Waals surface area contributed by atoms with E-state index in [2.05, 4.69) is 0 Å². The number of methoxy groups -OCH3 is 1. The summed E-state index contributed by atoms with van der Waals surface area (Å²) in [6, 6.07) is 4.77. The van der Waals surface area contributed by atoms with Gasteiger partial charge in [0.15, 0.2) is 0 Å². The number of carboxylic acid groups (broad SMARTS) is 1. The van der Waals surface area contributed by atoms with Crippen LogP contribution < -0.4 is 20.3 Å². The van der Waals surface area contributed by atoms with Crippen LogP contribution in [0.5, 0.6) is 11.5 Å². The molecule has 1 aromatic rings. The molecule has 0 aromatic heterocycles. The van der Waals surface area contributed by atoms with Crippen molar-refractivity contribution in [3.8, 4) is 11.5 Å². The van der Waals surface area contributed by atoms with Gasteiger partial charge in [0.25, 0.3) is 0 Å². The number of ether oxygens (including phenoxy) is 2. The average molecular weight is 240 g/mol. The van der Waals surface area contributed by atoms with Crippen molar-refractivity contribution in [3.05, 3.63) is 23.8 Å². The van der Waals surface area contributed by atoms with Gasteiger partial charge in [-0.2, -0.15) is 0 Å². The molecule has 0 aliphatic carbocycles. The van der Waals surface area contributed by atoms with Gasteiger partial charge in [0.05, 0.1) is 7.11 Å². The Hall–Kier alpha value is -2.44. The third-order valence-corrected chi connectivity index (χ3v) is 1.85. The Morgan fingerprint density at radius 1 is 1.29 bits per heavy atom. The second kappa shape index (κ2) is 5.59. The summed E-state index contributed by atoms with van der Waals surface area (Å²) >= 11 is 0. The standard InChI is InChI=1S/C10H12N2O5/c1-6-5-7(3-4-8(6)16-2)17-10(15)12-11-9(13)14/h3-5,11H,1-2H3,(H,12,15)(H,13,14). The highest BCUT2D eigenvalue weighted by molar-refractivity contribution is 5.74. The lowest BCUT2D eigenvalue weighted by molar-refractivity contribution is 0.175. The van der Waals surface area contributed by atoms with E-state index in [4.69, 9.17) is 14.6 Å². The summed E-state index contributed by atoms with van der Waals surface area (Å²) in [5, 5.41) is 8.24. The van der Waals surface area contributed by atoms with Gasteiger partial charge in [-0.05, 0) is 30.7 Å². The van der Waals surface area contributed by atoms with Gasteiger partial charge in [0, 0.05) is 0 Å². The van der Waals surface area contributed by atoms with Crippen molar-refractivity contribution in [2.75, 3.05) is 7.11 Å². The lowest BCUT2D eigenvalue weighted by Crippen LogP contribution is -2.42. The number of hydrogen-bond donors (Lipinski definition) is 3. The molecule has 0 unspecified atom stereocenters. The highest BCUT2D eigenvalue weighted by Crippen LogP contribution is 2.22. The molecular weight excluding hydrogens is 228 g/mol. The van der Waals surface area contributed by atoms with Gasteiger partial charge in [-0.1, -0.05) is 0 Å². The number of carbonyl (C=O) groups is 2. The van der Waals surface area contributed by atoms with Crippen molar-refractivity contribution in [2.45, 2.75) is 6.92 Å². The van der Waals surface area contributed by atoms with Gasteiger partial charge in [-0.25, -0.2) is 20.4 Å². The van der Waals surface area contributed by atoms with E-state index in [0.29, 0.717) is 5.75 Å². The Morgan fingerprint density at radius 2 is 2.00 bits per heavy atom. The molecule has 0 saturated carbocycles. The predicted octanol–water partition coefficient (Wildman–Crippen LogP) is 1.27. The second-order valence-corrected chi connectivity index (χ2v) is 3.08. The Kier molecular flexibility index (Phi) is 4.15. The summed E-state index contributed by atoms with van der Waals surface area (Å²) in [6.07, 6.45) is -2.30. The molecule has 0 aliphatic heterocycles. The van der Waals surface area contributed by atoms with Crippen LogP contribution in [-0.2, 0) is 0 Å². The number of nitrogens with one attached hydrogen (secondary N) is 2. The minimum atomic E-state index is -1.38. The first-order valence-electron chi connectivity index (χ1n) is 4.64. The highest BCUT2D eigenvalue weighted by Gasteiger charge is 2.07. The van der Waals surface area contributed by atoms with Gasteiger partial charge in [-0.15, -0.1) is 0 Å².